The Labute approximate surface area is 147 Å². The minimum absolute atomic E-state index is 0.00537. The van der Waals surface area contributed by atoms with E-state index >= 15 is 0 Å². The van der Waals surface area contributed by atoms with Gasteiger partial charge in [-0.2, -0.15) is 0 Å². The van der Waals surface area contributed by atoms with E-state index in [2.05, 4.69) is 58.7 Å². The smallest absolute Gasteiger partial charge is 0.0872 e. The van der Waals surface area contributed by atoms with E-state index in [4.69, 9.17) is 0 Å². The summed E-state index contributed by atoms with van der Waals surface area (Å²) in [5.41, 5.74) is 3.19. The Kier molecular flexibility index (Phi) is 5.49. The number of benzene rings is 1. The second-order valence-electron chi connectivity index (χ2n) is 8.43. The molecular formula is C22H31NO. The number of allylic oxidation sites excluding steroid dienone is 2. The maximum absolute atomic E-state index is 10.9. The first-order chi connectivity index (χ1) is 11.1. The maximum Gasteiger partial charge on any atom is 0.0872 e. The standard InChI is InChI=1S/C22H31NO/c1-7-22(5,6)17-13-16(15-23-18-11-9-8-10-12-18)20(24)19(14-17)21(2,3)4/h8-15,19-20,24H,7H2,1-6H3. The molecule has 2 unspecified atom stereocenters. The third kappa shape index (κ3) is 4.24. The zero-order chi connectivity index (χ0) is 18.0. The highest BCUT2D eigenvalue weighted by Crippen LogP contribution is 2.42. The van der Waals surface area contributed by atoms with Crippen molar-refractivity contribution in [1.82, 2.24) is 0 Å². The first-order valence-corrected chi connectivity index (χ1v) is 8.86. The van der Waals surface area contributed by atoms with Gasteiger partial charge in [0.25, 0.3) is 0 Å². The van der Waals surface area contributed by atoms with Crippen molar-refractivity contribution in [2.45, 2.75) is 54.1 Å². The molecule has 1 aliphatic rings. The molecule has 2 heteroatoms. The van der Waals surface area contributed by atoms with Gasteiger partial charge in [-0.15, -0.1) is 0 Å². The molecule has 1 aromatic carbocycles. The Morgan fingerprint density at radius 2 is 1.71 bits per heavy atom. The molecule has 1 N–H and O–H groups in total. The number of nitrogens with zero attached hydrogens (tertiary/aromatic N) is 1. The van der Waals surface area contributed by atoms with Crippen molar-refractivity contribution in [2.75, 3.05) is 0 Å². The average Bonchev–Trinajstić information content (AvgIpc) is 2.53. The summed E-state index contributed by atoms with van der Waals surface area (Å²) < 4.78 is 0. The van der Waals surface area contributed by atoms with Gasteiger partial charge in [0.05, 0.1) is 11.8 Å². The minimum Gasteiger partial charge on any atom is -0.388 e. The molecular weight excluding hydrogens is 294 g/mol. The highest BCUT2D eigenvalue weighted by molar-refractivity contribution is 5.83. The fraction of sp³-hybridized carbons (Fsp3) is 0.500. The van der Waals surface area contributed by atoms with Crippen LogP contribution in [0.25, 0.3) is 0 Å². The molecule has 2 nitrogen and oxygen atoms in total. The van der Waals surface area contributed by atoms with Crippen LogP contribution in [0.1, 0.15) is 48.0 Å². The molecule has 0 heterocycles. The summed E-state index contributed by atoms with van der Waals surface area (Å²) in [7, 11) is 0. The van der Waals surface area contributed by atoms with Crippen LogP contribution in [0.4, 0.5) is 5.69 Å². The van der Waals surface area contributed by atoms with E-state index in [1.54, 1.807) is 0 Å². The zero-order valence-electron chi connectivity index (χ0n) is 15.9. The monoisotopic (exact) mass is 325 g/mol. The number of para-hydroxylation sites is 1. The fourth-order valence-corrected chi connectivity index (χ4v) is 2.93. The molecule has 2 atom stereocenters. The topological polar surface area (TPSA) is 32.6 Å². The average molecular weight is 325 g/mol. The van der Waals surface area contributed by atoms with Crippen LogP contribution >= 0.6 is 0 Å². The fourth-order valence-electron chi connectivity index (χ4n) is 2.93. The van der Waals surface area contributed by atoms with Crippen LogP contribution in [-0.2, 0) is 0 Å². The largest absolute Gasteiger partial charge is 0.388 e. The highest BCUT2D eigenvalue weighted by atomic mass is 16.3. The Hall–Kier alpha value is -1.67. The second kappa shape index (κ2) is 7.06. The van der Waals surface area contributed by atoms with Gasteiger partial charge in [-0.3, -0.25) is 4.99 Å². The lowest BCUT2D eigenvalue weighted by atomic mass is 9.68. The predicted octanol–water partition coefficient (Wildman–Crippen LogP) is 5.71. The van der Waals surface area contributed by atoms with E-state index in [-0.39, 0.29) is 16.7 Å². The van der Waals surface area contributed by atoms with Gasteiger partial charge in [-0.25, -0.2) is 0 Å². The molecule has 0 fully saturated rings. The van der Waals surface area contributed by atoms with Crippen LogP contribution in [-0.4, -0.2) is 17.4 Å². The number of hydrogen-bond acceptors (Lipinski definition) is 2. The lowest BCUT2D eigenvalue weighted by Gasteiger charge is -2.39. The van der Waals surface area contributed by atoms with Gasteiger partial charge in [-0.1, -0.05) is 71.9 Å². The lowest BCUT2D eigenvalue weighted by Crippen LogP contribution is -2.36. The number of hydrogen-bond donors (Lipinski definition) is 1. The van der Waals surface area contributed by atoms with Gasteiger partial charge >= 0.3 is 0 Å². The van der Waals surface area contributed by atoms with Crippen molar-refractivity contribution < 1.29 is 5.11 Å². The summed E-state index contributed by atoms with van der Waals surface area (Å²) in [5, 5.41) is 10.9. The summed E-state index contributed by atoms with van der Waals surface area (Å²) >= 11 is 0. The molecule has 0 aromatic heterocycles. The predicted molar refractivity (Wildman–Crippen MR) is 104 cm³/mol. The van der Waals surface area contributed by atoms with Crippen LogP contribution in [0.15, 0.2) is 58.6 Å². The third-order valence-corrected chi connectivity index (χ3v) is 5.15. The lowest BCUT2D eigenvalue weighted by molar-refractivity contribution is 0.100. The Bertz CT molecular complexity index is 644. The number of aliphatic imine (C=N–C) groups is 1. The van der Waals surface area contributed by atoms with Crippen molar-refractivity contribution in [3.8, 4) is 0 Å². The zero-order valence-corrected chi connectivity index (χ0v) is 15.9. The van der Waals surface area contributed by atoms with Gasteiger partial charge in [0.2, 0.25) is 0 Å². The first kappa shape index (κ1) is 18.7. The summed E-state index contributed by atoms with van der Waals surface area (Å²) in [6.45, 7) is 13.3. The van der Waals surface area contributed by atoms with E-state index in [0.717, 1.165) is 17.7 Å². The van der Waals surface area contributed by atoms with E-state index in [9.17, 15) is 5.11 Å². The molecule has 0 saturated carbocycles. The number of aliphatic hydroxyl groups is 1. The summed E-state index contributed by atoms with van der Waals surface area (Å²) in [4.78, 5) is 4.56. The van der Waals surface area contributed by atoms with Crippen LogP contribution in [0, 0.1) is 16.7 Å². The van der Waals surface area contributed by atoms with Crippen molar-refractivity contribution in [3.05, 3.63) is 53.6 Å². The quantitative estimate of drug-likeness (QED) is 0.706. The van der Waals surface area contributed by atoms with Gasteiger partial charge in [0.15, 0.2) is 0 Å². The normalized spacial score (nSPS) is 22.5. The molecule has 2 rings (SSSR count). The van der Waals surface area contributed by atoms with E-state index in [1.807, 2.05) is 36.5 Å². The number of rotatable bonds is 4. The van der Waals surface area contributed by atoms with Crippen LogP contribution < -0.4 is 0 Å². The molecule has 1 aliphatic carbocycles. The summed E-state index contributed by atoms with van der Waals surface area (Å²) in [6, 6.07) is 9.87. The third-order valence-electron chi connectivity index (χ3n) is 5.15. The molecule has 130 valence electrons. The van der Waals surface area contributed by atoms with Gasteiger partial charge in [0, 0.05) is 12.1 Å². The molecule has 0 amide bonds. The van der Waals surface area contributed by atoms with Crippen LogP contribution in [0.5, 0.6) is 0 Å². The van der Waals surface area contributed by atoms with Gasteiger partial charge in [-0.05, 0) is 40.5 Å². The summed E-state index contributed by atoms with van der Waals surface area (Å²) in [6.07, 6.45) is 6.77. The number of aliphatic hydroxyl groups excluding tert-OH is 1. The van der Waals surface area contributed by atoms with E-state index in [1.165, 1.54) is 5.57 Å². The van der Waals surface area contributed by atoms with Crippen molar-refractivity contribution >= 4 is 11.9 Å². The molecule has 0 aliphatic heterocycles. The van der Waals surface area contributed by atoms with Crippen LogP contribution in [0.2, 0.25) is 0 Å². The molecule has 1 aromatic rings. The highest BCUT2D eigenvalue weighted by Gasteiger charge is 2.36. The second-order valence-corrected chi connectivity index (χ2v) is 8.43. The first-order valence-electron chi connectivity index (χ1n) is 8.86. The molecule has 0 bridgehead atoms. The minimum atomic E-state index is -0.520. The molecule has 0 saturated heterocycles. The summed E-state index contributed by atoms with van der Waals surface area (Å²) in [5.74, 6) is 0.0838. The van der Waals surface area contributed by atoms with Crippen molar-refractivity contribution in [2.24, 2.45) is 21.7 Å². The van der Waals surface area contributed by atoms with E-state index < -0.39 is 6.10 Å². The Morgan fingerprint density at radius 1 is 1.08 bits per heavy atom. The van der Waals surface area contributed by atoms with Gasteiger partial charge in [0.1, 0.15) is 0 Å². The maximum atomic E-state index is 10.9. The van der Waals surface area contributed by atoms with Crippen molar-refractivity contribution in [3.63, 3.8) is 0 Å². The Morgan fingerprint density at radius 3 is 2.25 bits per heavy atom. The van der Waals surface area contributed by atoms with Crippen LogP contribution in [0.3, 0.4) is 0 Å². The Balaban J connectivity index is 2.41. The molecule has 24 heavy (non-hydrogen) atoms. The van der Waals surface area contributed by atoms with E-state index in [0.29, 0.717) is 0 Å². The van der Waals surface area contributed by atoms with Crippen molar-refractivity contribution in [1.29, 1.82) is 0 Å². The molecule has 0 radical (unpaired) electrons. The van der Waals surface area contributed by atoms with Gasteiger partial charge < -0.3 is 5.11 Å². The molecule has 0 spiro atoms. The SMILES string of the molecule is CCC(C)(C)C1=CC(C(C)(C)C)C(O)C(C=Nc2ccccc2)=C1.